The minimum atomic E-state index is -1.39. The molecule has 0 spiro atoms. The summed E-state index contributed by atoms with van der Waals surface area (Å²) in [4.78, 5) is -2.20. The van der Waals surface area contributed by atoms with Crippen molar-refractivity contribution in [1.82, 2.24) is 0 Å². The van der Waals surface area contributed by atoms with Crippen LogP contribution < -0.4 is 0 Å². The molecule has 6 unspecified atom stereocenters. The van der Waals surface area contributed by atoms with E-state index in [1.165, 1.54) is 0 Å². The number of hydrogen-bond acceptors (Lipinski definition) is 1. The number of halogens is 6. The number of ether oxygens (including phenoxy) is 1. The first-order chi connectivity index (χ1) is 8.26. The molecular formula is C11H8Cl6O. The maximum atomic E-state index is 6.70. The number of rotatable bonds is 0. The quantitative estimate of drug-likeness (QED) is 0.448. The molecule has 1 heterocycles. The zero-order chi connectivity index (χ0) is 13.1. The molecule has 1 saturated heterocycles. The number of hydrogen-bond donors (Lipinski definition) is 0. The Morgan fingerprint density at radius 3 is 1.61 bits per heavy atom. The molecule has 2 bridgehead atoms. The fourth-order valence-corrected chi connectivity index (χ4v) is 7.06. The second kappa shape index (κ2) is 3.43. The lowest BCUT2D eigenvalue weighted by molar-refractivity contribution is 0.261. The Hall–Kier alpha value is 1.44. The lowest BCUT2D eigenvalue weighted by Crippen LogP contribution is -2.44. The lowest BCUT2D eigenvalue weighted by atomic mass is 9.73. The third-order valence-corrected chi connectivity index (χ3v) is 9.26. The third-order valence-electron chi connectivity index (χ3n) is 4.91. The van der Waals surface area contributed by atoms with Crippen molar-refractivity contribution in [3.05, 3.63) is 10.1 Å². The molecule has 100 valence electrons. The number of alkyl halides is 4. The molecule has 2 saturated carbocycles. The summed E-state index contributed by atoms with van der Waals surface area (Å²) in [5.74, 6) is 0.0100. The van der Waals surface area contributed by atoms with E-state index < -0.39 is 14.1 Å². The Kier molecular flexibility index (Phi) is 2.50. The van der Waals surface area contributed by atoms with Crippen LogP contribution in [0.3, 0.4) is 0 Å². The van der Waals surface area contributed by atoms with Gasteiger partial charge in [-0.2, -0.15) is 0 Å². The maximum Gasteiger partial charge on any atom is 0.166 e. The van der Waals surface area contributed by atoms with E-state index in [1.54, 1.807) is 0 Å². The maximum absolute atomic E-state index is 6.70. The Bertz CT molecular complexity index is 450. The lowest BCUT2D eigenvalue weighted by Gasteiger charge is -2.38. The van der Waals surface area contributed by atoms with Gasteiger partial charge in [0.2, 0.25) is 0 Å². The van der Waals surface area contributed by atoms with Crippen LogP contribution in [-0.4, -0.2) is 26.3 Å². The molecule has 0 aromatic heterocycles. The summed E-state index contributed by atoms with van der Waals surface area (Å²) in [6, 6.07) is 0. The smallest absolute Gasteiger partial charge is 0.166 e. The van der Waals surface area contributed by atoms with Gasteiger partial charge in [0.1, 0.15) is 9.75 Å². The minimum absolute atomic E-state index is 0.00502. The van der Waals surface area contributed by atoms with Crippen molar-refractivity contribution < 1.29 is 4.74 Å². The van der Waals surface area contributed by atoms with Gasteiger partial charge in [0.25, 0.3) is 0 Å². The Morgan fingerprint density at radius 2 is 1.22 bits per heavy atom. The largest absolute Gasteiger partial charge is 0.370 e. The Labute approximate surface area is 135 Å². The fraction of sp³-hybridized carbons (Fsp3) is 0.818. The van der Waals surface area contributed by atoms with E-state index in [1.807, 2.05) is 0 Å². The molecule has 0 aromatic carbocycles. The summed E-state index contributed by atoms with van der Waals surface area (Å²) in [7, 11) is 0. The zero-order valence-electron chi connectivity index (χ0n) is 8.90. The predicted molar refractivity (Wildman–Crippen MR) is 75.2 cm³/mol. The number of fused-ring (bicyclic) bond motifs is 6. The summed E-state index contributed by atoms with van der Waals surface area (Å²) in [6.45, 7) is 0. The topological polar surface area (TPSA) is 12.5 Å². The number of epoxide rings is 1. The van der Waals surface area contributed by atoms with Gasteiger partial charge in [-0.1, -0.05) is 46.4 Å². The first-order valence-electron chi connectivity index (χ1n) is 5.73. The summed E-state index contributed by atoms with van der Waals surface area (Å²) >= 11 is 38.9. The van der Waals surface area contributed by atoms with Gasteiger partial charge in [0.05, 0.1) is 22.3 Å². The Balaban J connectivity index is 1.94. The summed E-state index contributed by atoms with van der Waals surface area (Å²) < 4.78 is 4.17. The molecule has 4 rings (SSSR count). The Morgan fingerprint density at radius 1 is 0.833 bits per heavy atom. The molecule has 3 aliphatic carbocycles. The van der Waals surface area contributed by atoms with E-state index in [-0.39, 0.29) is 24.0 Å². The fourth-order valence-electron chi connectivity index (χ4n) is 3.95. The molecule has 6 atom stereocenters. The molecule has 0 aromatic rings. The van der Waals surface area contributed by atoms with Crippen molar-refractivity contribution in [3.8, 4) is 0 Å². The number of allylic oxidation sites excluding steroid dienone is 2. The van der Waals surface area contributed by atoms with Crippen molar-refractivity contribution in [1.29, 1.82) is 0 Å². The van der Waals surface area contributed by atoms with Crippen LogP contribution >= 0.6 is 69.6 Å². The third kappa shape index (κ3) is 1.10. The van der Waals surface area contributed by atoms with Gasteiger partial charge in [-0.3, -0.25) is 0 Å². The van der Waals surface area contributed by atoms with Crippen molar-refractivity contribution in [2.75, 3.05) is 0 Å². The van der Waals surface area contributed by atoms with Crippen LogP contribution in [0.1, 0.15) is 12.8 Å². The highest BCUT2D eigenvalue weighted by atomic mass is 35.5. The zero-order valence-corrected chi connectivity index (χ0v) is 13.4. The van der Waals surface area contributed by atoms with E-state index >= 15 is 0 Å². The van der Waals surface area contributed by atoms with E-state index in [2.05, 4.69) is 0 Å². The highest BCUT2D eigenvalue weighted by molar-refractivity contribution is 6.65. The van der Waals surface area contributed by atoms with Gasteiger partial charge in [-0.15, -0.1) is 23.2 Å². The van der Waals surface area contributed by atoms with Crippen LogP contribution in [-0.2, 0) is 4.74 Å². The van der Waals surface area contributed by atoms with Gasteiger partial charge in [0, 0.05) is 0 Å². The molecule has 7 heteroatoms. The highest BCUT2D eigenvalue weighted by Gasteiger charge is 2.83. The summed E-state index contributed by atoms with van der Waals surface area (Å²) in [6.07, 6.45) is 2.06. The van der Waals surface area contributed by atoms with Crippen LogP contribution in [0.4, 0.5) is 0 Å². The predicted octanol–water partition coefficient (Wildman–Crippen LogP) is 4.63. The first kappa shape index (κ1) is 13.1. The van der Waals surface area contributed by atoms with E-state index in [4.69, 9.17) is 74.3 Å². The van der Waals surface area contributed by atoms with Crippen LogP contribution in [0, 0.1) is 11.8 Å². The second-order valence-electron chi connectivity index (χ2n) is 5.52. The highest BCUT2D eigenvalue weighted by Crippen LogP contribution is 2.79. The average molecular weight is 369 g/mol. The monoisotopic (exact) mass is 366 g/mol. The van der Waals surface area contributed by atoms with E-state index in [0.29, 0.717) is 10.1 Å². The van der Waals surface area contributed by atoms with Crippen LogP contribution in [0.25, 0.3) is 0 Å². The SMILES string of the molecule is ClC1=C(Cl)C2(Cl)C3CC4OC4CC3C1(Cl)C2(Cl)Cl. The van der Waals surface area contributed by atoms with Crippen LogP contribution in [0.2, 0.25) is 0 Å². The van der Waals surface area contributed by atoms with Crippen LogP contribution in [0.15, 0.2) is 10.1 Å². The minimum Gasteiger partial charge on any atom is -0.370 e. The van der Waals surface area contributed by atoms with Crippen molar-refractivity contribution >= 4 is 69.6 Å². The van der Waals surface area contributed by atoms with Crippen molar-refractivity contribution in [3.63, 3.8) is 0 Å². The van der Waals surface area contributed by atoms with Gasteiger partial charge >= 0.3 is 0 Å². The summed E-state index contributed by atoms with van der Waals surface area (Å²) in [5.41, 5.74) is 0. The molecule has 1 nitrogen and oxygen atoms in total. The second-order valence-corrected chi connectivity index (χ2v) is 8.80. The van der Waals surface area contributed by atoms with Crippen LogP contribution in [0.5, 0.6) is 0 Å². The van der Waals surface area contributed by atoms with E-state index in [0.717, 1.165) is 12.8 Å². The standard InChI is InChI=1S/C11H8Cl6O/c12-7-8(13)10(15)4-2-6-5(18-6)1-3(4)9(7,14)11(10,16)17/h3-6H,1-2H2. The van der Waals surface area contributed by atoms with Gasteiger partial charge in [-0.25, -0.2) is 0 Å². The molecule has 4 aliphatic rings. The first-order valence-corrected chi connectivity index (χ1v) is 8.00. The van der Waals surface area contributed by atoms with Gasteiger partial charge < -0.3 is 4.74 Å². The molecule has 3 fully saturated rings. The molecule has 0 N–H and O–H groups in total. The molecule has 0 radical (unpaired) electrons. The van der Waals surface area contributed by atoms with Crippen molar-refractivity contribution in [2.45, 2.75) is 39.1 Å². The summed E-state index contributed by atoms with van der Waals surface area (Å²) in [5, 5.41) is 0.595. The van der Waals surface area contributed by atoms with Gasteiger partial charge in [0.15, 0.2) is 4.33 Å². The van der Waals surface area contributed by atoms with E-state index in [9.17, 15) is 0 Å². The van der Waals surface area contributed by atoms with Gasteiger partial charge in [-0.05, 0) is 24.7 Å². The normalized spacial score (nSPS) is 59.7. The molecular weight excluding hydrogens is 361 g/mol. The molecule has 1 aliphatic heterocycles. The average Bonchev–Trinajstić information content (AvgIpc) is 3.05. The molecule has 18 heavy (non-hydrogen) atoms. The van der Waals surface area contributed by atoms with Crippen molar-refractivity contribution in [2.24, 2.45) is 11.8 Å². The molecule has 0 amide bonds.